The van der Waals surface area contributed by atoms with Crippen molar-refractivity contribution in [2.24, 2.45) is 23.7 Å². The Bertz CT molecular complexity index is 1760. The van der Waals surface area contributed by atoms with Crippen molar-refractivity contribution in [2.45, 2.75) is 75.1 Å². The van der Waals surface area contributed by atoms with Crippen LogP contribution in [-0.4, -0.2) is 76.0 Å². The van der Waals surface area contributed by atoms with Gasteiger partial charge in [-0.1, -0.05) is 36.7 Å². The summed E-state index contributed by atoms with van der Waals surface area (Å²) < 4.78 is 23.3. The minimum absolute atomic E-state index is 0.0123. The van der Waals surface area contributed by atoms with Gasteiger partial charge in [-0.3, -0.25) is 14.3 Å². The molecule has 0 aromatic heterocycles. The molecule has 2 fully saturated rings. The summed E-state index contributed by atoms with van der Waals surface area (Å²) in [6, 6.07) is 11.6. The van der Waals surface area contributed by atoms with Crippen molar-refractivity contribution in [3.63, 3.8) is 0 Å². The first kappa shape index (κ1) is 33.5. The molecule has 1 spiro atoms. The number of hydrogen-bond acceptors (Lipinski definition) is 6. The summed E-state index contributed by atoms with van der Waals surface area (Å²) in [5.41, 5.74) is 2.11. The van der Waals surface area contributed by atoms with Crippen molar-refractivity contribution in [1.82, 2.24) is 9.62 Å². The molecule has 2 N–H and O–H groups in total. The van der Waals surface area contributed by atoms with Crippen LogP contribution in [-0.2, 0) is 26.3 Å². The number of hydrogen-bond donors (Lipinski definition) is 2. The second-order valence-corrected chi connectivity index (χ2v) is 18.0. The SMILES string of the molecule is C=S1(=O)NC(=O)c2ccc3c(c2)N(C[C@@H]2CC[C@H]2[C@](O)([C@H]2CCN(C)C2=O)/C=C/C[C@H](C)[C@H]1C)C[C@@]1(CCCc2cc(Cl)ccc21)CO3. The maximum atomic E-state index is 13.9. The van der Waals surface area contributed by atoms with Gasteiger partial charge in [-0.25, -0.2) is 4.21 Å². The second-order valence-electron chi connectivity index (χ2n) is 15.2. The Balaban J connectivity index is 1.34. The number of aliphatic hydroxyl groups is 1. The summed E-state index contributed by atoms with van der Waals surface area (Å²) in [7, 11) is -1.21. The number of aryl methyl sites for hydroxylation is 1. The Morgan fingerprint density at radius 1 is 1.12 bits per heavy atom. The van der Waals surface area contributed by atoms with Gasteiger partial charge < -0.3 is 19.6 Å². The van der Waals surface area contributed by atoms with E-state index in [1.54, 1.807) is 11.0 Å². The minimum atomic E-state index is -3.02. The van der Waals surface area contributed by atoms with Gasteiger partial charge in [-0.15, -0.1) is 0 Å². The summed E-state index contributed by atoms with van der Waals surface area (Å²) >= 11 is 6.45. The molecule has 2 bridgehead atoms. The van der Waals surface area contributed by atoms with Gasteiger partial charge in [0.1, 0.15) is 5.75 Å². The van der Waals surface area contributed by atoms with Gasteiger partial charge in [0.15, 0.2) is 0 Å². The molecule has 2 amide bonds. The molecule has 2 aromatic carbocycles. The van der Waals surface area contributed by atoms with Gasteiger partial charge >= 0.3 is 0 Å². The number of amides is 2. The number of ether oxygens (including phenoxy) is 1. The van der Waals surface area contributed by atoms with Crippen LogP contribution < -0.4 is 14.4 Å². The van der Waals surface area contributed by atoms with Crippen LogP contribution in [0.2, 0.25) is 5.02 Å². The number of benzene rings is 2. The summed E-state index contributed by atoms with van der Waals surface area (Å²) in [5, 5.41) is 13.0. The summed E-state index contributed by atoms with van der Waals surface area (Å²) in [4.78, 5) is 31.2. The zero-order valence-corrected chi connectivity index (χ0v) is 29.8. The van der Waals surface area contributed by atoms with Gasteiger partial charge in [0, 0.05) is 47.9 Å². The number of anilines is 1. The van der Waals surface area contributed by atoms with E-state index < -0.39 is 32.4 Å². The summed E-state index contributed by atoms with van der Waals surface area (Å²) in [5.74, 6) is 3.65. The number of carbonyl (C=O) groups is 2. The molecular formula is C38H48ClN3O5S. The fraction of sp³-hybridized carbons (Fsp3) is 0.553. The maximum absolute atomic E-state index is 13.9. The van der Waals surface area contributed by atoms with E-state index in [1.165, 1.54) is 11.1 Å². The highest BCUT2D eigenvalue weighted by Gasteiger charge is 2.54. The van der Waals surface area contributed by atoms with Crippen LogP contribution in [0, 0.1) is 23.7 Å². The first-order valence-electron chi connectivity index (χ1n) is 17.5. The molecule has 7 rings (SSSR count). The molecule has 5 aliphatic rings. The molecule has 48 heavy (non-hydrogen) atoms. The molecule has 10 heteroatoms. The topological polar surface area (TPSA) is 99.2 Å². The Labute approximate surface area is 290 Å². The number of allylic oxidation sites excluding steroid dienone is 1. The van der Waals surface area contributed by atoms with E-state index in [0.717, 1.165) is 42.8 Å². The van der Waals surface area contributed by atoms with Gasteiger partial charge in [0.25, 0.3) is 5.91 Å². The molecule has 258 valence electrons. The van der Waals surface area contributed by atoms with Crippen LogP contribution >= 0.6 is 11.6 Å². The first-order valence-corrected chi connectivity index (χ1v) is 19.6. The lowest BCUT2D eigenvalue weighted by atomic mass is 9.60. The zero-order valence-electron chi connectivity index (χ0n) is 28.3. The van der Waals surface area contributed by atoms with Crippen LogP contribution in [0.4, 0.5) is 5.69 Å². The number of halogens is 1. The minimum Gasteiger partial charge on any atom is -0.490 e. The fourth-order valence-electron chi connectivity index (χ4n) is 9.03. The lowest BCUT2D eigenvalue weighted by Crippen LogP contribution is -2.56. The summed E-state index contributed by atoms with van der Waals surface area (Å²) in [6.07, 6.45) is 9.66. The van der Waals surface area contributed by atoms with E-state index in [9.17, 15) is 18.9 Å². The van der Waals surface area contributed by atoms with E-state index in [4.69, 9.17) is 16.3 Å². The van der Waals surface area contributed by atoms with Crippen molar-refractivity contribution in [1.29, 1.82) is 0 Å². The fourth-order valence-corrected chi connectivity index (χ4v) is 10.7. The van der Waals surface area contributed by atoms with Gasteiger partial charge in [-0.05, 0) is 117 Å². The van der Waals surface area contributed by atoms with Crippen LogP contribution in [0.5, 0.6) is 5.75 Å². The van der Waals surface area contributed by atoms with E-state index in [2.05, 4.69) is 27.6 Å². The third-order valence-corrected chi connectivity index (χ3v) is 14.7. The molecular weight excluding hydrogens is 646 g/mol. The normalized spacial score (nSPS) is 37.5. The van der Waals surface area contributed by atoms with E-state index >= 15 is 0 Å². The third kappa shape index (κ3) is 5.73. The Morgan fingerprint density at radius 2 is 1.94 bits per heavy atom. The molecule has 2 aliphatic carbocycles. The third-order valence-electron chi connectivity index (χ3n) is 12.3. The van der Waals surface area contributed by atoms with Crippen LogP contribution in [0.1, 0.15) is 73.9 Å². The molecule has 8 nitrogen and oxygen atoms in total. The second kappa shape index (κ2) is 12.4. The zero-order chi connectivity index (χ0) is 34.0. The molecule has 3 heterocycles. The Hall–Kier alpha value is -3.01. The highest BCUT2D eigenvalue weighted by atomic mass is 35.5. The lowest BCUT2D eigenvalue weighted by Gasteiger charge is -2.50. The van der Waals surface area contributed by atoms with Crippen molar-refractivity contribution >= 4 is 44.7 Å². The monoisotopic (exact) mass is 693 g/mol. The number of nitrogens with zero attached hydrogens (tertiary/aromatic N) is 2. The first-order chi connectivity index (χ1) is 22.8. The quantitative estimate of drug-likeness (QED) is 0.307. The largest absolute Gasteiger partial charge is 0.490 e. The van der Waals surface area contributed by atoms with E-state index in [-0.39, 0.29) is 29.1 Å². The molecule has 8 atom stereocenters. The molecule has 2 aromatic rings. The summed E-state index contributed by atoms with van der Waals surface area (Å²) in [6.45, 7) is 6.26. The maximum Gasteiger partial charge on any atom is 0.262 e. The number of carbonyl (C=O) groups excluding carboxylic acids is 2. The molecule has 1 saturated carbocycles. The number of rotatable bonds is 1. The predicted molar refractivity (Wildman–Crippen MR) is 192 cm³/mol. The van der Waals surface area contributed by atoms with Crippen molar-refractivity contribution in [3.8, 4) is 5.75 Å². The van der Waals surface area contributed by atoms with Crippen LogP contribution in [0.3, 0.4) is 0 Å². The average Bonchev–Trinajstić information content (AvgIpc) is 3.29. The molecule has 1 unspecified atom stereocenters. The number of nitrogens with one attached hydrogen (secondary N) is 1. The highest BCUT2D eigenvalue weighted by Crippen LogP contribution is 2.51. The molecule has 1 saturated heterocycles. The lowest BCUT2D eigenvalue weighted by molar-refractivity contribution is -0.143. The highest BCUT2D eigenvalue weighted by molar-refractivity contribution is 7.99. The van der Waals surface area contributed by atoms with Crippen molar-refractivity contribution in [2.75, 3.05) is 38.2 Å². The van der Waals surface area contributed by atoms with Gasteiger partial charge in [-0.2, -0.15) is 0 Å². The average molecular weight is 694 g/mol. The molecule has 3 aliphatic heterocycles. The van der Waals surface area contributed by atoms with Crippen molar-refractivity contribution in [3.05, 3.63) is 70.3 Å². The number of likely N-dealkylation sites (tertiary alicyclic amines) is 1. The Kier molecular flexibility index (Phi) is 8.65. The van der Waals surface area contributed by atoms with Gasteiger partial charge in [0.05, 0.1) is 33.5 Å². The van der Waals surface area contributed by atoms with Gasteiger partial charge in [0.2, 0.25) is 5.91 Å². The van der Waals surface area contributed by atoms with E-state index in [1.807, 2.05) is 51.2 Å². The Morgan fingerprint density at radius 3 is 2.67 bits per heavy atom. The van der Waals surface area contributed by atoms with E-state index in [0.29, 0.717) is 50.4 Å². The standard InChI is InChI=1S/C38H48ClN3O5S/c1-24-7-5-17-38(45,32-15-18-41(3)36(32)44)31-12-9-28(31)21-42-22-37(16-6-8-26-19-29(39)11-13-30(26)37)23-47-34-14-10-27(20-33(34)42)35(43)40-48(4,46)25(24)2/h5,10-11,13-14,17,19-20,24-25,28,31-32,45H,4,6-9,12,15-16,18,21-23H2,1-3H3,(H,40,43,46)/b17-5+/t24-,25+,28-,31+,32-,37-,38-,48?/m0/s1. The number of fused-ring (bicyclic) bond motifs is 4. The van der Waals surface area contributed by atoms with Crippen LogP contribution in [0.15, 0.2) is 48.6 Å². The predicted octanol–water partition coefficient (Wildman–Crippen LogP) is 5.39. The van der Waals surface area contributed by atoms with Crippen LogP contribution in [0.25, 0.3) is 0 Å². The van der Waals surface area contributed by atoms with Crippen molar-refractivity contribution < 1.29 is 23.6 Å². The smallest absolute Gasteiger partial charge is 0.262 e. The molecule has 0 radical (unpaired) electrons.